The maximum absolute atomic E-state index is 13.8. The van der Waals surface area contributed by atoms with Crippen molar-refractivity contribution in [2.24, 2.45) is 0 Å². The third-order valence-corrected chi connectivity index (χ3v) is 7.11. The largest absolute Gasteiger partial charge is 0.321 e. The molecule has 0 unspecified atom stereocenters. The molecule has 0 fully saturated rings. The van der Waals surface area contributed by atoms with Gasteiger partial charge in [0.25, 0.3) is 11.8 Å². The zero-order valence-corrected chi connectivity index (χ0v) is 23.8. The van der Waals surface area contributed by atoms with Crippen LogP contribution in [0.5, 0.6) is 0 Å². The molecular weight excluding hydrogens is 638 g/mol. The van der Waals surface area contributed by atoms with Crippen LogP contribution in [0.3, 0.4) is 0 Å². The van der Waals surface area contributed by atoms with Crippen molar-refractivity contribution in [3.63, 3.8) is 0 Å². The van der Waals surface area contributed by atoms with Gasteiger partial charge in [0.1, 0.15) is 11.4 Å². The third-order valence-electron chi connectivity index (χ3n) is 5.57. The van der Waals surface area contributed by atoms with Crippen LogP contribution in [0.1, 0.15) is 15.9 Å². The lowest BCUT2D eigenvalue weighted by Gasteiger charge is -2.12. The summed E-state index contributed by atoms with van der Waals surface area (Å²) in [7, 11) is 0. The molecule has 3 amide bonds. The minimum Gasteiger partial charge on any atom is -0.321 e. The highest BCUT2D eigenvalue weighted by Gasteiger charge is 2.21. The van der Waals surface area contributed by atoms with Gasteiger partial charge in [-0.25, -0.2) is 17.6 Å². The number of halogens is 5. The first-order valence-corrected chi connectivity index (χ1v) is 13.9. The van der Waals surface area contributed by atoms with Gasteiger partial charge in [-0.2, -0.15) is 0 Å². The van der Waals surface area contributed by atoms with Crippen molar-refractivity contribution in [2.45, 2.75) is 4.90 Å². The van der Waals surface area contributed by atoms with Crippen molar-refractivity contribution in [3.8, 4) is 0 Å². The summed E-state index contributed by atoms with van der Waals surface area (Å²) >= 11 is 4.34. The molecule has 0 aliphatic heterocycles. The molecule has 0 heterocycles. The maximum atomic E-state index is 13.8. The number of nitrogens with one attached hydrogen (secondary N) is 3. The highest BCUT2D eigenvalue weighted by Crippen LogP contribution is 2.26. The quantitative estimate of drug-likeness (QED) is 0.0773. The Hall–Kier alpha value is -4.42. The predicted molar refractivity (Wildman–Crippen MR) is 157 cm³/mol. The first kappa shape index (κ1) is 30.5. The van der Waals surface area contributed by atoms with Gasteiger partial charge in [-0.3, -0.25) is 14.4 Å². The molecule has 12 heteroatoms. The molecule has 6 nitrogen and oxygen atoms in total. The monoisotopic (exact) mass is 657 g/mol. The zero-order chi connectivity index (χ0) is 30.2. The molecular formula is C30H20BrF4N3O3S. The number of thioether (sulfide) groups is 1. The van der Waals surface area contributed by atoms with Gasteiger partial charge >= 0.3 is 0 Å². The summed E-state index contributed by atoms with van der Waals surface area (Å²) in [6, 6.07) is 21.8. The number of anilines is 2. The Labute approximate surface area is 250 Å². The average molecular weight is 658 g/mol. The van der Waals surface area contributed by atoms with E-state index in [1.165, 1.54) is 6.08 Å². The molecule has 4 aromatic carbocycles. The van der Waals surface area contributed by atoms with Gasteiger partial charge in [0.05, 0.1) is 5.75 Å². The van der Waals surface area contributed by atoms with Crippen molar-refractivity contribution in [2.75, 3.05) is 16.4 Å². The second kappa shape index (κ2) is 14.0. The Morgan fingerprint density at radius 2 is 1.40 bits per heavy atom. The molecule has 214 valence electrons. The molecule has 4 aromatic rings. The molecule has 0 aliphatic rings. The minimum atomic E-state index is -1.71. The molecule has 0 saturated heterocycles. The Morgan fingerprint density at radius 3 is 2.02 bits per heavy atom. The molecule has 3 N–H and O–H groups in total. The van der Waals surface area contributed by atoms with Gasteiger partial charge in [-0.05, 0) is 60.2 Å². The molecule has 0 spiro atoms. The number of hydrogen-bond donors (Lipinski definition) is 3. The zero-order valence-electron chi connectivity index (χ0n) is 21.4. The van der Waals surface area contributed by atoms with Gasteiger partial charge in [0.15, 0.2) is 23.3 Å². The summed E-state index contributed by atoms with van der Waals surface area (Å²) in [4.78, 5) is 38.6. The minimum absolute atomic E-state index is 0.00505. The van der Waals surface area contributed by atoms with Crippen molar-refractivity contribution in [1.82, 2.24) is 5.32 Å². The van der Waals surface area contributed by atoms with E-state index < -0.39 is 46.7 Å². The Kier molecular flexibility index (Phi) is 10.2. The van der Waals surface area contributed by atoms with E-state index in [-0.39, 0.29) is 17.5 Å². The van der Waals surface area contributed by atoms with Crippen LogP contribution in [-0.4, -0.2) is 23.5 Å². The summed E-state index contributed by atoms with van der Waals surface area (Å²) in [5.41, 5.74) is 0.203. The van der Waals surface area contributed by atoms with E-state index in [2.05, 4.69) is 26.6 Å². The molecule has 42 heavy (non-hydrogen) atoms. The van der Waals surface area contributed by atoms with Crippen LogP contribution < -0.4 is 16.0 Å². The van der Waals surface area contributed by atoms with Crippen LogP contribution in [-0.2, 0) is 9.59 Å². The topological polar surface area (TPSA) is 87.3 Å². The van der Waals surface area contributed by atoms with Crippen LogP contribution in [0.25, 0.3) is 6.08 Å². The molecule has 4 rings (SSSR count). The first-order valence-electron chi connectivity index (χ1n) is 12.1. The van der Waals surface area contributed by atoms with E-state index >= 15 is 0 Å². The van der Waals surface area contributed by atoms with Crippen molar-refractivity contribution in [3.05, 3.63) is 129 Å². The van der Waals surface area contributed by atoms with Crippen LogP contribution in [0.2, 0.25) is 0 Å². The van der Waals surface area contributed by atoms with Crippen LogP contribution >= 0.6 is 27.7 Å². The molecule has 0 aromatic heterocycles. The number of hydrogen-bond acceptors (Lipinski definition) is 4. The fourth-order valence-corrected chi connectivity index (χ4v) is 4.47. The van der Waals surface area contributed by atoms with E-state index in [1.807, 2.05) is 5.32 Å². The van der Waals surface area contributed by atoms with E-state index in [1.54, 1.807) is 78.9 Å². The smallest absolute Gasteiger partial charge is 0.272 e. The lowest BCUT2D eigenvalue weighted by Crippen LogP contribution is -2.30. The summed E-state index contributed by atoms with van der Waals surface area (Å²) in [5, 5.41) is 7.19. The van der Waals surface area contributed by atoms with Gasteiger partial charge < -0.3 is 16.0 Å². The second-order valence-corrected chi connectivity index (χ2v) is 10.6. The van der Waals surface area contributed by atoms with E-state index in [9.17, 15) is 31.9 Å². The van der Waals surface area contributed by atoms with Gasteiger partial charge in [0.2, 0.25) is 5.91 Å². The van der Waals surface area contributed by atoms with E-state index in [0.29, 0.717) is 21.7 Å². The molecule has 0 radical (unpaired) electrons. The van der Waals surface area contributed by atoms with Crippen LogP contribution in [0.4, 0.5) is 28.9 Å². The van der Waals surface area contributed by atoms with E-state index in [4.69, 9.17) is 0 Å². The average Bonchev–Trinajstić information content (AvgIpc) is 2.99. The first-order chi connectivity index (χ1) is 20.1. The molecule has 0 bridgehead atoms. The van der Waals surface area contributed by atoms with Gasteiger partial charge in [-0.15, -0.1) is 11.8 Å². The summed E-state index contributed by atoms with van der Waals surface area (Å²) in [5.74, 6) is -8.96. The Morgan fingerprint density at radius 1 is 0.786 bits per heavy atom. The summed E-state index contributed by atoms with van der Waals surface area (Å²) in [6.07, 6.45) is 1.53. The van der Waals surface area contributed by atoms with Crippen LogP contribution in [0.15, 0.2) is 100.0 Å². The number of amides is 3. The third kappa shape index (κ3) is 8.08. The molecule has 0 aliphatic carbocycles. The lowest BCUT2D eigenvalue weighted by molar-refractivity contribution is -0.114. The lowest BCUT2D eigenvalue weighted by atomic mass is 10.1. The van der Waals surface area contributed by atoms with Gasteiger partial charge in [0, 0.05) is 26.7 Å². The fourth-order valence-electron chi connectivity index (χ4n) is 3.51. The summed E-state index contributed by atoms with van der Waals surface area (Å²) < 4.78 is 55.2. The molecule has 0 saturated carbocycles. The highest BCUT2D eigenvalue weighted by molar-refractivity contribution is 9.10. The fraction of sp³-hybridized carbons (Fsp3) is 0.0333. The Bertz CT molecular complexity index is 1630. The number of carbonyl (C=O) groups is 3. The second-order valence-electron chi connectivity index (χ2n) is 8.59. The van der Waals surface area contributed by atoms with Crippen molar-refractivity contribution < 1.29 is 31.9 Å². The normalized spacial score (nSPS) is 11.1. The van der Waals surface area contributed by atoms with Crippen LogP contribution in [0, 0.1) is 23.3 Å². The number of carbonyl (C=O) groups excluding carboxylic acids is 3. The maximum Gasteiger partial charge on any atom is 0.272 e. The number of rotatable bonds is 9. The van der Waals surface area contributed by atoms with Crippen molar-refractivity contribution in [1.29, 1.82) is 0 Å². The van der Waals surface area contributed by atoms with Crippen molar-refractivity contribution >= 4 is 62.9 Å². The Balaban J connectivity index is 1.41. The van der Waals surface area contributed by atoms with Gasteiger partial charge in [-0.1, -0.05) is 46.3 Å². The number of benzene rings is 4. The predicted octanol–water partition coefficient (Wildman–Crippen LogP) is 7.15. The molecule has 0 atom stereocenters. The standard InChI is InChI=1S/C30H20BrF4N3O3S/c31-19-8-6-17(7-9-19)14-24(37-29(40)18-4-2-1-3-5-18)30(41)36-20-10-12-21(13-11-20)42-16-25(39)38-28-26(34)22(32)15-23(33)27(28)35/h1-15H,16H2,(H,36,41)(H,37,40)(H,38,39)/b24-14-. The van der Waals surface area contributed by atoms with E-state index in [0.717, 1.165) is 16.2 Å². The summed E-state index contributed by atoms with van der Waals surface area (Å²) in [6.45, 7) is 0. The highest BCUT2D eigenvalue weighted by atomic mass is 79.9. The SMILES string of the molecule is O=C(CSc1ccc(NC(=O)/C(=C/c2ccc(Br)cc2)NC(=O)c2ccccc2)cc1)Nc1c(F)c(F)cc(F)c1F.